The quantitative estimate of drug-likeness (QED) is 0.722. The van der Waals surface area contributed by atoms with E-state index in [1.54, 1.807) is 36.7 Å². The molecule has 3 aromatic rings. The standard InChI is InChI=1S/C19H16N2O4/c22-18(9-14-4-1-3-13-7-8-20-11-17(13)14)21-15-5-2-6-16(10-15)25-12-19(23)24/h1-8,10-11H,9,12H2,(H,21,22)(H,23,24). The summed E-state index contributed by atoms with van der Waals surface area (Å²) in [5, 5.41) is 13.4. The Kier molecular flexibility index (Phi) is 4.89. The number of fused-ring (bicyclic) bond motifs is 1. The molecule has 25 heavy (non-hydrogen) atoms. The number of hydrogen-bond donors (Lipinski definition) is 2. The summed E-state index contributed by atoms with van der Waals surface area (Å²) < 4.78 is 5.11. The van der Waals surface area contributed by atoms with Crippen LogP contribution in [0.25, 0.3) is 10.8 Å². The largest absolute Gasteiger partial charge is 0.482 e. The summed E-state index contributed by atoms with van der Waals surface area (Å²) in [5.41, 5.74) is 1.44. The first-order valence-electron chi connectivity index (χ1n) is 7.68. The van der Waals surface area contributed by atoms with Gasteiger partial charge in [-0.15, -0.1) is 0 Å². The van der Waals surface area contributed by atoms with Crippen molar-refractivity contribution >= 4 is 28.3 Å². The Hall–Kier alpha value is -3.41. The van der Waals surface area contributed by atoms with Crippen LogP contribution in [0.1, 0.15) is 5.56 Å². The van der Waals surface area contributed by atoms with Crippen molar-refractivity contribution in [3.8, 4) is 5.75 Å². The number of aromatic nitrogens is 1. The maximum absolute atomic E-state index is 12.3. The molecule has 0 saturated heterocycles. The molecule has 0 spiro atoms. The summed E-state index contributed by atoms with van der Waals surface area (Å²) >= 11 is 0. The topological polar surface area (TPSA) is 88.5 Å². The molecule has 0 aliphatic carbocycles. The van der Waals surface area contributed by atoms with Crippen molar-refractivity contribution in [2.24, 2.45) is 0 Å². The SMILES string of the molecule is O=C(O)COc1cccc(NC(=O)Cc2cccc3ccncc23)c1. The van der Waals surface area contributed by atoms with E-state index in [4.69, 9.17) is 9.84 Å². The van der Waals surface area contributed by atoms with Crippen molar-refractivity contribution in [3.63, 3.8) is 0 Å². The highest BCUT2D eigenvalue weighted by molar-refractivity contribution is 5.96. The molecule has 0 fully saturated rings. The van der Waals surface area contributed by atoms with Crippen molar-refractivity contribution in [3.05, 3.63) is 66.5 Å². The molecule has 3 rings (SSSR count). The molecule has 2 N–H and O–H groups in total. The number of rotatable bonds is 6. The van der Waals surface area contributed by atoms with Crippen LogP contribution in [0.15, 0.2) is 60.9 Å². The number of amides is 1. The minimum atomic E-state index is -1.06. The molecule has 1 heterocycles. The molecule has 126 valence electrons. The number of nitrogens with zero attached hydrogens (tertiary/aromatic N) is 1. The van der Waals surface area contributed by atoms with Gasteiger partial charge in [0.2, 0.25) is 5.91 Å². The first kappa shape index (κ1) is 16.4. The summed E-state index contributed by atoms with van der Waals surface area (Å²) in [5.74, 6) is -0.847. The van der Waals surface area contributed by atoms with Gasteiger partial charge in [0, 0.05) is 29.5 Å². The third-order valence-corrected chi connectivity index (χ3v) is 3.61. The third-order valence-electron chi connectivity index (χ3n) is 3.61. The Morgan fingerprint density at radius 1 is 1.12 bits per heavy atom. The first-order chi connectivity index (χ1) is 12.1. The van der Waals surface area contributed by atoms with Crippen molar-refractivity contribution in [2.75, 3.05) is 11.9 Å². The van der Waals surface area contributed by atoms with E-state index in [-0.39, 0.29) is 12.3 Å². The second kappa shape index (κ2) is 7.44. The number of ether oxygens (including phenoxy) is 1. The fraction of sp³-hybridized carbons (Fsp3) is 0.105. The number of hydrogen-bond acceptors (Lipinski definition) is 4. The van der Waals surface area contributed by atoms with E-state index in [9.17, 15) is 9.59 Å². The number of carbonyl (C=O) groups excluding carboxylic acids is 1. The fourth-order valence-electron chi connectivity index (χ4n) is 2.52. The number of pyridine rings is 1. The normalized spacial score (nSPS) is 10.4. The van der Waals surface area contributed by atoms with E-state index in [1.165, 1.54) is 0 Å². The average molecular weight is 336 g/mol. The molecular formula is C19H16N2O4. The molecule has 6 heteroatoms. The van der Waals surface area contributed by atoms with E-state index in [0.717, 1.165) is 16.3 Å². The van der Waals surface area contributed by atoms with Crippen molar-refractivity contribution in [1.82, 2.24) is 4.98 Å². The molecule has 0 unspecified atom stereocenters. The van der Waals surface area contributed by atoms with E-state index >= 15 is 0 Å². The van der Waals surface area contributed by atoms with Crippen LogP contribution in [-0.4, -0.2) is 28.6 Å². The smallest absolute Gasteiger partial charge is 0.341 e. The zero-order chi connectivity index (χ0) is 17.6. The molecule has 0 radical (unpaired) electrons. The maximum atomic E-state index is 12.3. The highest BCUT2D eigenvalue weighted by Crippen LogP contribution is 2.20. The molecule has 1 amide bonds. The van der Waals surface area contributed by atoms with E-state index < -0.39 is 12.6 Å². The van der Waals surface area contributed by atoms with Gasteiger partial charge < -0.3 is 15.2 Å². The highest BCUT2D eigenvalue weighted by atomic mass is 16.5. The first-order valence-corrected chi connectivity index (χ1v) is 7.68. The molecule has 0 aliphatic rings. The van der Waals surface area contributed by atoms with Gasteiger partial charge in [0.25, 0.3) is 0 Å². The Labute approximate surface area is 144 Å². The average Bonchev–Trinajstić information content (AvgIpc) is 2.60. The lowest BCUT2D eigenvalue weighted by Gasteiger charge is -2.09. The predicted molar refractivity (Wildman–Crippen MR) is 93.6 cm³/mol. The minimum absolute atomic E-state index is 0.174. The van der Waals surface area contributed by atoms with Gasteiger partial charge in [0.05, 0.1) is 6.42 Å². The van der Waals surface area contributed by atoms with Gasteiger partial charge >= 0.3 is 5.97 Å². The second-order valence-electron chi connectivity index (χ2n) is 5.45. The van der Waals surface area contributed by atoms with Crippen molar-refractivity contribution in [2.45, 2.75) is 6.42 Å². The number of nitrogens with one attached hydrogen (secondary N) is 1. The molecule has 0 saturated carbocycles. The maximum Gasteiger partial charge on any atom is 0.341 e. The lowest BCUT2D eigenvalue weighted by atomic mass is 10.0. The molecule has 6 nitrogen and oxygen atoms in total. The van der Waals surface area contributed by atoms with Crippen molar-refractivity contribution < 1.29 is 19.4 Å². The second-order valence-corrected chi connectivity index (χ2v) is 5.45. The molecule has 1 aromatic heterocycles. The molecule has 0 atom stereocenters. The Bertz CT molecular complexity index is 919. The van der Waals surface area contributed by atoms with Gasteiger partial charge in [-0.3, -0.25) is 9.78 Å². The van der Waals surface area contributed by atoms with Gasteiger partial charge in [0.15, 0.2) is 6.61 Å². The third kappa shape index (κ3) is 4.32. The zero-order valence-electron chi connectivity index (χ0n) is 13.3. The van der Waals surface area contributed by atoms with E-state index in [1.807, 2.05) is 24.3 Å². The number of carboxylic acids is 1. The zero-order valence-corrected chi connectivity index (χ0v) is 13.3. The van der Waals surface area contributed by atoms with Crippen LogP contribution in [0.3, 0.4) is 0 Å². The van der Waals surface area contributed by atoms with Crippen LogP contribution in [0.5, 0.6) is 5.75 Å². The predicted octanol–water partition coefficient (Wildman–Crippen LogP) is 2.88. The molecule has 0 bridgehead atoms. The van der Waals surface area contributed by atoms with Crippen molar-refractivity contribution in [1.29, 1.82) is 0 Å². The molecular weight excluding hydrogens is 320 g/mol. The van der Waals surface area contributed by atoms with E-state index in [0.29, 0.717) is 11.4 Å². The lowest BCUT2D eigenvalue weighted by molar-refractivity contribution is -0.139. The fourth-order valence-corrected chi connectivity index (χ4v) is 2.52. The van der Waals surface area contributed by atoms with Crippen LogP contribution >= 0.6 is 0 Å². The number of benzene rings is 2. The van der Waals surface area contributed by atoms with Crippen LogP contribution in [0, 0.1) is 0 Å². The van der Waals surface area contributed by atoms with Gasteiger partial charge in [-0.05, 0) is 29.1 Å². The van der Waals surface area contributed by atoms with Gasteiger partial charge in [-0.1, -0.05) is 24.3 Å². The number of aliphatic carboxylic acids is 1. The summed E-state index contributed by atoms with van der Waals surface area (Å²) in [6, 6.07) is 14.3. The van der Waals surface area contributed by atoms with E-state index in [2.05, 4.69) is 10.3 Å². The summed E-state index contributed by atoms with van der Waals surface area (Å²) in [6.45, 7) is -0.430. The Morgan fingerprint density at radius 2 is 1.96 bits per heavy atom. The Morgan fingerprint density at radius 3 is 2.80 bits per heavy atom. The molecule has 2 aromatic carbocycles. The number of anilines is 1. The van der Waals surface area contributed by atoms with Crippen LogP contribution in [0.4, 0.5) is 5.69 Å². The Balaban J connectivity index is 1.70. The summed E-state index contributed by atoms with van der Waals surface area (Å²) in [7, 11) is 0. The summed E-state index contributed by atoms with van der Waals surface area (Å²) in [4.78, 5) is 27.0. The number of carboxylic acid groups (broad SMARTS) is 1. The lowest BCUT2D eigenvalue weighted by Crippen LogP contribution is -2.15. The number of carbonyl (C=O) groups is 2. The van der Waals surface area contributed by atoms with Crippen LogP contribution in [-0.2, 0) is 16.0 Å². The summed E-state index contributed by atoms with van der Waals surface area (Å²) in [6.07, 6.45) is 3.68. The van der Waals surface area contributed by atoms with Gasteiger partial charge in [-0.2, -0.15) is 0 Å². The van der Waals surface area contributed by atoms with Crippen LogP contribution in [0.2, 0.25) is 0 Å². The highest BCUT2D eigenvalue weighted by Gasteiger charge is 2.08. The minimum Gasteiger partial charge on any atom is -0.482 e. The van der Waals surface area contributed by atoms with Gasteiger partial charge in [0.1, 0.15) is 5.75 Å². The molecule has 0 aliphatic heterocycles. The monoisotopic (exact) mass is 336 g/mol. The van der Waals surface area contributed by atoms with Gasteiger partial charge in [-0.25, -0.2) is 4.79 Å². The van der Waals surface area contributed by atoms with Crippen LogP contribution < -0.4 is 10.1 Å².